The molecule has 0 saturated carbocycles. The summed E-state index contributed by atoms with van der Waals surface area (Å²) >= 11 is 0. The van der Waals surface area contributed by atoms with Crippen LogP contribution in [0.1, 0.15) is 34.6 Å². The van der Waals surface area contributed by atoms with Crippen LogP contribution >= 0.6 is 0 Å². The molecule has 1 saturated heterocycles. The standard InChI is InChI=1S/C11H25N3O2S/c1-10(2)13-6-8-14(9-7-13)17(15,16)12-11(3,4)5/h10,12H,6-9H2,1-5H3. The average molecular weight is 263 g/mol. The summed E-state index contributed by atoms with van der Waals surface area (Å²) in [5.74, 6) is 0. The monoisotopic (exact) mass is 263 g/mol. The average Bonchev–Trinajstić information content (AvgIpc) is 2.14. The molecule has 0 bridgehead atoms. The van der Waals surface area contributed by atoms with E-state index in [2.05, 4.69) is 23.5 Å². The van der Waals surface area contributed by atoms with Crippen LogP contribution < -0.4 is 4.72 Å². The van der Waals surface area contributed by atoms with Gasteiger partial charge in [-0.3, -0.25) is 4.90 Å². The first kappa shape index (κ1) is 14.9. The Bertz CT molecular complexity index is 338. The van der Waals surface area contributed by atoms with E-state index in [9.17, 15) is 8.42 Å². The smallest absolute Gasteiger partial charge is 0.280 e. The molecule has 1 aliphatic heterocycles. The number of nitrogens with one attached hydrogen (secondary N) is 1. The van der Waals surface area contributed by atoms with Gasteiger partial charge in [0, 0.05) is 37.8 Å². The van der Waals surface area contributed by atoms with Crippen LogP contribution in [-0.4, -0.2) is 55.4 Å². The maximum absolute atomic E-state index is 12.1. The summed E-state index contributed by atoms with van der Waals surface area (Å²) < 4.78 is 28.4. The summed E-state index contributed by atoms with van der Waals surface area (Å²) in [7, 11) is -3.33. The second-order valence-electron chi connectivity index (χ2n) is 5.89. The maximum atomic E-state index is 12.1. The van der Waals surface area contributed by atoms with Crippen LogP contribution in [-0.2, 0) is 10.2 Å². The third-order valence-corrected chi connectivity index (χ3v) is 4.69. The molecule has 0 amide bonds. The van der Waals surface area contributed by atoms with E-state index in [4.69, 9.17) is 0 Å². The molecule has 1 N–H and O–H groups in total. The molecule has 1 heterocycles. The normalized spacial score (nSPS) is 21.1. The Morgan fingerprint density at radius 1 is 1.06 bits per heavy atom. The Labute approximate surface area is 105 Å². The fraction of sp³-hybridized carbons (Fsp3) is 1.00. The first-order chi connectivity index (χ1) is 7.62. The minimum Gasteiger partial charge on any atom is -0.298 e. The van der Waals surface area contributed by atoms with Crippen LogP contribution in [0.2, 0.25) is 0 Å². The molecule has 5 nitrogen and oxygen atoms in total. The van der Waals surface area contributed by atoms with Gasteiger partial charge in [-0.15, -0.1) is 0 Å². The van der Waals surface area contributed by atoms with Crippen LogP contribution in [0.15, 0.2) is 0 Å². The SMILES string of the molecule is CC(C)N1CCN(S(=O)(=O)NC(C)(C)C)CC1. The van der Waals surface area contributed by atoms with E-state index in [1.165, 1.54) is 4.31 Å². The van der Waals surface area contributed by atoms with Gasteiger partial charge in [-0.05, 0) is 34.6 Å². The summed E-state index contributed by atoms with van der Waals surface area (Å²) in [6.07, 6.45) is 0. The van der Waals surface area contributed by atoms with Crippen molar-refractivity contribution < 1.29 is 8.42 Å². The number of hydrogen-bond donors (Lipinski definition) is 1. The summed E-state index contributed by atoms with van der Waals surface area (Å²) in [4.78, 5) is 2.29. The molecule has 17 heavy (non-hydrogen) atoms. The van der Waals surface area contributed by atoms with E-state index in [1.54, 1.807) is 0 Å². The lowest BCUT2D eigenvalue weighted by molar-refractivity contribution is 0.152. The van der Waals surface area contributed by atoms with Crippen molar-refractivity contribution >= 4 is 10.2 Å². The first-order valence-electron chi connectivity index (χ1n) is 6.15. The highest BCUT2D eigenvalue weighted by Crippen LogP contribution is 2.11. The third-order valence-electron chi connectivity index (χ3n) is 2.78. The van der Waals surface area contributed by atoms with Crippen molar-refractivity contribution in [2.75, 3.05) is 26.2 Å². The Balaban J connectivity index is 2.59. The predicted octanol–water partition coefficient (Wildman–Crippen LogP) is 0.645. The molecule has 0 aromatic rings. The zero-order valence-electron chi connectivity index (χ0n) is 11.5. The van der Waals surface area contributed by atoms with Gasteiger partial charge in [0.15, 0.2) is 0 Å². The van der Waals surface area contributed by atoms with Crippen molar-refractivity contribution in [2.24, 2.45) is 0 Å². The van der Waals surface area contributed by atoms with Crippen molar-refractivity contribution in [1.29, 1.82) is 0 Å². The summed E-state index contributed by atoms with van der Waals surface area (Å²) in [5, 5.41) is 0. The zero-order valence-corrected chi connectivity index (χ0v) is 12.3. The van der Waals surface area contributed by atoms with Gasteiger partial charge in [-0.2, -0.15) is 17.4 Å². The van der Waals surface area contributed by atoms with Crippen molar-refractivity contribution in [3.05, 3.63) is 0 Å². The molecule has 1 fully saturated rings. The highest BCUT2D eigenvalue weighted by Gasteiger charge is 2.30. The maximum Gasteiger partial charge on any atom is 0.280 e. The van der Waals surface area contributed by atoms with Gasteiger partial charge in [0.1, 0.15) is 0 Å². The molecular formula is C11H25N3O2S. The van der Waals surface area contributed by atoms with Crippen LogP contribution in [0.3, 0.4) is 0 Å². The van der Waals surface area contributed by atoms with Crippen LogP contribution in [0.5, 0.6) is 0 Å². The van der Waals surface area contributed by atoms with E-state index in [1.807, 2.05) is 20.8 Å². The topological polar surface area (TPSA) is 52.7 Å². The largest absolute Gasteiger partial charge is 0.298 e. The fourth-order valence-corrected chi connectivity index (χ4v) is 3.46. The molecule has 0 aliphatic carbocycles. The number of hydrogen-bond acceptors (Lipinski definition) is 3. The first-order valence-corrected chi connectivity index (χ1v) is 7.59. The quantitative estimate of drug-likeness (QED) is 0.813. The second kappa shape index (κ2) is 5.22. The molecule has 1 aliphatic rings. The summed E-state index contributed by atoms with van der Waals surface area (Å²) in [6.45, 7) is 12.6. The molecule has 6 heteroatoms. The zero-order chi connectivity index (χ0) is 13.3. The lowest BCUT2D eigenvalue weighted by atomic mass is 10.1. The van der Waals surface area contributed by atoms with Crippen molar-refractivity contribution in [1.82, 2.24) is 13.9 Å². The minimum absolute atomic E-state index is 0.423. The number of nitrogens with zero attached hydrogens (tertiary/aromatic N) is 2. The molecule has 0 atom stereocenters. The minimum atomic E-state index is -3.33. The van der Waals surface area contributed by atoms with E-state index in [0.717, 1.165) is 13.1 Å². The Hall–Kier alpha value is -0.170. The third kappa shape index (κ3) is 4.54. The predicted molar refractivity (Wildman–Crippen MR) is 70.1 cm³/mol. The molecule has 0 spiro atoms. The van der Waals surface area contributed by atoms with Gasteiger partial charge in [-0.1, -0.05) is 0 Å². The van der Waals surface area contributed by atoms with Gasteiger partial charge in [0.05, 0.1) is 0 Å². The number of piperazine rings is 1. The fourth-order valence-electron chi connectivity index (χ4n) is 1.91. The number of rotatable bonds is 3. The lowest BCUT2D eigenvalue weighted by Crippen LogP contribution is -2.56. The molecule has 102 valence electrons. The van der Waals surface area contributed by atoms with Crippen molar-refractivity contribution in [2.45, 2.75) is 46.2 Å². The van der Waals surface area contributed by atoms with E-state index in [-0.39, 0.29) is 0 Å². The van der Waals surface area contributed by atoms with Crippen molar-refractivity contribution in [3.8, 4) is 0 Å². The van der Waals surface area contributed by atoms with E-state index < -0.39 is 15.7 Å². The Morgan fingerprint density at radius 2 is 1.53 bits per heavy atom. The molecule has 0 aromatic carbocycles. The second-order valence-corrected chi connectivity index (χ2v) is 7.56. The van der Waals surface area contributed by atoms with Gasteiger partial charge in [0.2, 0.25) is 0 Å². The van der Waals surface area contributed by atoms with Crippen molar-refractivity contribution in [3.63, 3.8) is 0 Å². The van der Waals surface area contributed by atoms with Crippen LogP contribution in [0, 0.1) is 0 Å². The highest BCUT2D eigenvalue weighted by atomic mass is 32.2. The van der Waals surface area contributed by atoms with Gasteiger partial charge in [-0.25, -0.2) is 0 Å². The van der Waals surface area contributed by atoms with Gasteiger partial charge >= 0.3 is 0 Å². The van der Waals surface area contributed by atoms with Crippen LogP contribution in [0.4, 0.5) is 0 Å². The summed E-state index contributed by atoms with van der Waals surface area (Å²) in [5.41, 5.74) is -0.423. The Kier molecular flexibility index (Phi) is 4.57. The summed E-state index contributed by atoms with van der Waals surface area (Å²) in [6, 6.07) is 0.482. The highest BCUT2D eigenvalue weighted by molar-refractivity contribution is 7.87. The van der Waals surface area contributed by atoms with Crippen LogP contribution in [0.25, 0.3) is 0 Å². The Morgan fingerprint density at radius 3 is 1.88 bits per heavy atom. The van der Waals surface area contributed by atoms with Gasteiger partial charge < -0.3 is 0 Å². The molecular weight excluding hydrogens is 238 g/mol. The molecule has 1 rings (SSSR count). The molecule has 0 radical (unpaired) electrons. The lowest BCUT2D eigenvalue weighted by Gasteiger charge is -2.37. The van der Waals surface area contributed by atoms with Gasteiger partial charge in [0.25, 0.3) is 10.2 Å². The van der Waals surface area contributed by atoms with E-state index in [0.29, 0.717) is 19.1 Å². The molecule has 0 aromatic heterocycles. The molecule has 0 unspecified atom stereocenters. The van der Waals surface area contributed by atoms with E-state index >= 15 is 0 Å².